The quantitative estimate of drug-likeness (QED) is 0.736. The molecule has 6 heteroatoms. The standard InChI is InChI=1S/C15H25N3O3/c1-2-21-15(20)13-3-5-14(6-4-13)16-9-12-10-17-18(11-12)7-8-19/h10-11,13-14,16,19H,2-9H2,1H3. The van der Waals surface area contributed by atoms with Crippen molar-refractivity contribution >= 4 is 5.97 Å². The predicted molar refractivity (Wildman–Crippen MR) is 78.5 cm³/mol. The number of aliphatic hydroxyl groups excluding tert-OH is 1. The summed E-state index contributed by atoms with van der Waals surface area (Å²) in [5, 5.41) is 16.6. The lowest BCUT2D eigenvalue weighted by molar-refractivity contribution is -0.149. The van der Waals surface area contributed by atoms with E-state index in [-0.39, 0.29) is 18.5 Å². The minimum atomic E-state index is -0.0405. The topological polar surface area (TPSA) is 76.4 Å². The van der Waals surface area contributed by atoms with Crippen molar-refractivity contribution in [1.82, 2.24) is 15.1 Å². The van der Waals surface area contributed by atoms with Crippen LogP contribution in [0.25, 0.3) is 0 Å². The van der Waals surface area contributed by atoms with Crippen LogP contribution < -0.4 is 5.32 Å². The summed E-state index contributed by atoms with van der Waals surface area (Å²) in [4.78, 5) is 11.7. The summed E-state index contributed by atoms with van der Waals surface area (Å²) >= 11 is 0. The van der Waals surface area contributed by atoms with Crippen LogP contribution in [0.2, 0.25) is 0 Å². The number of rotatable bonds is 7. The largest absolute Gasteiger partial charge is 0.466 e. The minimum Gasteiger partial charge on any atom is -0.466 e. The lowest BCUT2D eigenvalue weighted by Crippen LogP contribution is -2.35. The summed E-state index contributed by atoms with van der Waals surface area (Å²) in [6, 6.07) is 0.455. The first-order valence-electron chi connectivity index (χ1n) is 7.75. The molecular weight excluding hydrogens is 270 g/mol. The van der Waals surface area contributed by atoms with Gasteiger partial charge in [-0.15, -0.1) is 0 Å². The first kappa shape index (κ1) is 16.0. The van der Waals surface area contributed by atoms with Gasteiger partial charge in [0.2, 0.25) is 0 Å². The summed E-state index contributed by atoms with van der Waals surface area (Å²) in [5.74, 6) is 0.0385. The molecule has 0 aliphatic heterocycles. The Morgan fingerprint density at radius 1 is 1.48 bits per heavy atom. The molecule has 0 aromatic carbocycles. The van der Waals surface area contributed by atoms with E-state index in [1.54, 1.807) is 4.68 Å². The molecule has 0 bridgehead atoms. The molecule has 1 heterocycles. The van der Waals surface area contributed by atoms with Gasteiger partial charge in [-0.2, -0.15) is 5.10 Å². The highest BCUT2D eigenvalue weighted by Crippen LogP contribution is 2.25. The SMILES string of the molecule is CCOC(=O)C1CCC(NCc2cnn(CCO)c2)CC1. The second-order valence-electron chi connectivity index (χ2n) is 5.52. The zero-order valence-corrected chi connectivity index (χ0v) is 12.6. The van der Waals surface area contributed by atoms with Crippen LogP contribution in [0.3, 0.4) is 0 Å². The predicted octanol–water partition coefficient (Wildman–Crippen LogP) is 1.09. The Balaban J connectivity index is 1.69. The number of hydrogen-bond donors (Lipinski definition) is 2. The van der Waals surface area contributed by atoms with E-state index < -0.39 is 0 Å². The van der Waals surface area contributed by atoms with Crippen LogP contribution in [0.1, 0.15) is 38.2 Å². The van der Waals surface area contributed by atoms with E-state index in [9.17, 15) is 4.79 Å². The van der Waals surface area contributed by atoms with Crippen molar-refractivity contribution in [2.75, 3.05) is 13.2 Å². The van der Waals surface area contributed by atoms with E-state index in [0.29, 0.717) is 19.2 Å². The van der Waals surface area contributed by atoms with Crippen molar-refractivity contribution in [3.63, 3.8) is 0 Å². The van der Waals surface area contributed by atoms with Gasteiger partial charge in [-0.25, -0.2) is 0 Å². The number of carbonyl (C=O) groups excluding carboxylic acids is 1. The molecule has 0 radical (unpaired) electrons. The molecule has 2 rings (SSSR count). The summed E-state index contributed by atoms with van der Waals surface area (Å²) in [7, 11) is 0. The molecule has 118 valence electrons. The number of aromatic nitrogens is 2. The maximum atomic E-state index is 11.7. The van der Waals surface area contributed by atoms with Gasteiger partial charge >= 0.3 is 5.97 Å². The minimum absolute atomic E-state index is 0.0405. The summed E-state index contributed by atoms with van der Waals surface area (Å²) in [5.41, 5.74) is 1.12. The van der Waals surface area contributed by atoms with E-state index in [2.05, 4.69) is 10.4 Å². The second-order valence-corrected chi connectivity index (χ2v) is 5.52. The van der Waals surface area contributed by atoms with Gasteiger partial charge in [0.25, 0.3) is 0 Å². The molecule has 0 spiro atoms. The highest BCUT2D eigenvalue weighted by molar-refractivity contribution is 5.72. The molecule has 0 unspecified atom stereocenters. The smallest absolute Gasteiger partial charge is 0.308 e. The third-order valence-electron chi connectivity index (χ3n) is 3.96. The Hall–Kier alpha value is -1.40. The van der Waals surface area contributed by atoms with Crippen molar-refractivity contribution in [2.24, 2.45) is 5.92 Å². The van der Waals surface area contributed by atoms with Gasteiger partial charge in [0, 0.05) is 24.3 Å². The van der Waals surface area contributed by atoms with E-state index in [4.69, 9.17) is 9.84 Å². The molecule has 21 heavy (non-hydrogen) atoms. The fraction of sp³-hybridized carbons (Fsp3) is 0.733. The molecule has 1 aliphatic carbocycles. The average molecular weight is 295 g/mol. The first-order valence-corrected chi connectivity index (χ1v) is 7.75. The molecule has 6 nitrogen and oxygen atoms in total. The van der Waals surface area contributed by atoms with E-state index >= 15 is 0 Å². The second kappa shape index (κ2) is 8.14. The van der Waals surface area contributed by atoms with Gasteiger partial charge in [0.1, 0.15) is 0 Å². The highest BCUT2D eigenvalue weighted by atomic mass is 16.5. The maximum absolute atomic E-state index is 11.7. The first-order chi connectivity index (χ1) is 10.2. The van der Waals surface area contributed by atoms with Crippen LogP contribution in [0, 0.1) is 5.92 Å². The molecule has 1 fully saturated rings. The van der Waals surface area contributed by atoms with E-state index in [1.807, 2.05) is 19.3 Å². The van der Waals surface area contributed by atoms with Crippen molar-refractivity contribution < 1.29 is 14.6 Å². The lowest BCUT2D eigenvalue weighted by atomic mass is 9.86. The van der Waals surface area contributed by atoms with Crippen LogP contribution in [0.15, 0.2) is 12.4 Å². The molecule has 1 aromatic heterocycles. The van der Waals surface area contributed by atoms with Gasteiger partial charge in [0.15, 0.2) is 0 Å². The Morgan fingerprint density at radius 2 is 2.24 bits per heavy atom. The van der Waals surface area contributed by atoms with E-state index in [0.717, 1.165) is 37.8 Å². The van der Waals surface area contributed by atoms with Gasteiger partial charge < -0.3 is 15.2 Å². The monoisotopic (exact) mass is 295 g/mol. The zero-order valence-electron chi connectivity index (χ0n) is 12.6. The van der Waals surface area contributed by atoms with Crippen LogP contribution in [-0.4, -0.2) is 40.1 Å². The summed E-state index contributed by atoms with van der Waals surface area (Å²) < 4.78 is 6.83. The number of carbonyl (C=O) groups is 1. The summed E-state index contributed by atoms with van der Waals surface area (Å²) in [6.45, 7) is 3.73. The third-order valence-corrected chi connectivity index (χ3v) is 3.96. The number of nitrogens with one attached hydrogen (secondary N) is 1. The molecule has 0 saturated heterocycles. The Bertz CT molecular complexity index is 439. The van der Waals surface area contributed by atoms with Gasteiger partial charge in [-0.05, 0) is 32.6 Å². The molecule has 2 N–H and O–H groups in total. The molecule has 1 saturated carbocycles. The number of esters is 1. The van der Waals surface area contributed by atoms with Crippen molar-refractivity contribution in [2.45, 2.75) is 51.7 Å². The van der Waals surface area contributed by atoms with Crippen LogP contribution >= 0.6 is 0 Å². The Morgan fingerprint density at radius 3 is 2.90 bits per heavy atom. The zero-order chi connectivity index (χ0) is 15.1. The third kappa shape index (κ3) is 4.82. The Labute approximate surface area is 125 Å². The number of nitrogens with zero attached hydrogens (tertiary/aromatic N) is 2. The van der Waals surface area contributed by atoms with Gasteiger partial charge in [-0.1, -0.05) is 0 Å². The Kier molecular flexibility index (Phi) is 6.20. The van der Waals surface area contributed by atoms with Crippen LogP contribution in [0.5, 0.6) is 0 Å². The molecule has 0 amide bonds. The highest BCUT2D eigenvalue weighted by Gasteiger charge is 2.26. The fourth-order valence-electron chi connectivity index (χ4n) is 2.78. The molecule has 0 atom stereocenters. The number of ether oxygens (including phenoxy) is 1. The molecular formula is C15H25N3O3. The van der Waals surface area contributed by atoms with Crippen LogP contribution in [-0.2, 0) is 22.6 Å². The van der Waals surface area contributed by atoms with E-state index in [1.165, 1.54) is 0 Å². The lowest BCUT2D eigenvalue weighted by Gasteiger charge is -2.27. The molecule has 1 aromatic rings. The molecule has 1 aliphatic rings. The van der Waals surface area contributed by atoms with Gasteiger partial charge in [0.05, 0.1) is 31.9 Å². The average Bonchev–Trinajstić information content (AvgIpc) is 2.94. The maximum Gasteiger partial charge on any atom is 0.308 e. The normalized spacial score (nSPS) is 22.2. The van der Waals surface area contributed by atoms with Gasteiger partial charge in [-0.3, -0.25) is 9.48 Å². The van der Waals surface area contributed by atoms with Crippen LogP contribution in [0.4, 0.5) is 0 Å². The van der Waals surface area contributed by atoms with Crippen molar-refractivity contribution in [1.29, 1.82) is 0 Å². The van der Waals surface area contributed by atoms with Crippen molar-refractivity contribution in [3.05, 3.63) is 18.0 Å². The fourth-order valence-corrected chi connectivity index (χ4v) is 2.78. The number of aliphatic hydroxyl groups is 1. The van der Waals surface area contributed by atoms with Crippen molar-refractivity contribution in [3.8, 4) is 0 Å². The number of hydrogen-bond acceptors (Lipinski definition) is 5. The summed E-state index contributed by atoms with van der Waals surface area (Å²) in [6.07, 6.45) is 7.60.